The van der Waals surface area contributed by atoms with Crippen molar-refractivity contribution in [1.82, 2.24) is 0 Å². The molecule has 2 rings (SSSR count). The van der Waals surface area contributed by atoms with Crippen molar-refractivity contribution in [3.05, 3.63) is 3.14 Å². The zero-order chi connectivity index (χ0) is 12.8. The van der Waals surface area contributed by atoms with Gasteiger partial charge in [-0.25, -0.2) is 0 Å². The van der Waals surface area contributed by atoms with Crippen LogP contribution in [0, 0.1) is 3.14 Å². The first-order valence-electron chi connectivity index (χ1n) is 5.37. The molecule has 1 aliphatic rings. The highest BCUT2D eigenvalue weighted by molar-refractivity contribution is 8.08. The van der Waals surface area contributed by atoms with Gasteiger partial charge >= 0.3 is 0 Å². The van der Waals surface area contributed by atoms with Crippen molar-refractivity contribution in [2.75, 3.05) is 39.5 Å². The van der Waals surface area contributed by atoms with Crippen LogP contribution in [0.3, 0.4) is 0 Å². The maximum atomic E-state index is 5.51. The van der Waals surface area contributed by atoms with Crippen LogP contribution in [-0.2, 0) is 14.2 Å². The third-order valence-electron chi connectivity index (χ3n) is 2.09. The van der Waals surface area contributed by atoms with Crippen molar-refractivity contribution < 1.29 is 14.2 Å². The van der Waals surface area contributed by atoms with Crippen LogP contribution in [0.25, 0.3) is 0 Å². The minimum atomic E-state index is 0.345. The van der Waals surface area contributed by atoms with Crippen LogP contribution >= 0.6 is 58.4 Å². The lowest BCUT2D eigenvalue weighted by atomic mass is 10.5. The summed E-state index contributed by atoms with van der Waals surface area (Å²) in [7, 11) is 1.66. The molecule has 3 nitrogen and oxygen atoms in total. The Labute approximate surface area is 128 Å². The van der Waals surface area contributed by atoms with E-state index < -0.39 is 0 Å². The molecule has 8 heteroatoms. The Bertz CT molecular complexity index is 416. The summed E-state index contributed by atoms with van der Waals surface area (Å²) >= 11 is 12.4. The van der Waals surface area contributed by atoms with Gasteiger partial charge in [0, 0.05) is 18.1 Å². The second-order valence-corrected chi connectivity index (χ2v) is 9.55. The minimum absolute atomic E-state index is 0.345. The molecule has 0 fully saturated rings. The molecule has 1 unspecified atom stereocenters. The average molecular weight is 343 g/mol. The highest BCUT2D eigenvalue weighted by atomic mass is 32.2. The number of rotatable bonds is 7. The summed E-state index contributed by atoms with van der Waals surface area (Å²) in [6, 6.07) is 0. The Hall–Kier alpha value is 0.850. The van der Waals surface area contributed by atoms with Crippen molar-refractivity contribution in [3.8, 4) is 0 Å². The number of thioether (sulfide) groups is 2. The van der Waals surface area contributed by atoms with E-state index in [1.165, 1.54) is 8.42 Å². The fourth-order valence-electron chi connectivity index (χ4n) is 1.29. The maximum absolute atomic E-state index is 5.51. The molecule has 1 aliphatic heterocycles. The molecule has 0 bridgehead atoms. The van der Waals surface area contributed by atoms with E-state index in [9.17, 15) is 0 Å². The number of fused-ring (bicyclic) bond motifs is 1. The predicted octanol–water partition coefficient (Wildman–Crippen LogP) is 3.74. The molecule has 0 aliphatic carbocycles. The van der Waals surface area contributed by atoms with Crippen LogP contribution in [0.5, 0.6) is 0 Å². The van der Waals surface area contributed by atoms with Gasteiger partial charge in [-0.1, -0.05) is 12.2 Å². The molecule has 102 valence electrons. The average Bonchev–Trinajstić information content (AvgIpc) is 2.73. The molecule has 0 saturated carbocycles. The summed E-state index contributed by atoms with van der Waals surface area (Å²) in [6.07, 6.45) is 0. The van der Waals surface area contributed by atoms with Crippen LogP contribution in [0.4, 0.5) is 0 Å². The van der Waals surface area contributed by atoms with Gasteiger partial charge in [-0.2, -0.15) is 0 Å². The van der Waals surface area contributed by atoms with Gasteiger partial charge in [-0.3, -0.25) is 0 Å². The quantitative estimate of drug-likeness (QED) is 0.426. The van der Waals surface area contributed by atoms with Crippen LogP contribution in [-0.4, -0.2) is 44.7 Å². The van der Waals surface area contributed by atoms with E-state index in [0.717, 1.165) is 15.5 Å². The second kappa shape index (κ2) is 8.21. The fourth-order valence-corrected chi connectivity index (χ4v) is 7.83. The molecule has 1 atom stereocenters. The Morgan fingerprint density at radius 3 is 2.89 bits per heavy atom. The van der Waals surface area contributed by atoms with Gasteiger partial charge in [0.2, 0.25) is 0 Å². The molecule has 1 aromatic rings. The third-order valence-corrected chi connectivity index (χ3v) is 8.17. The second-order valence-electron chi connectivity index (χ2n) is 3.47. The van der Waals surface area contributed by atoms with Crippen molar-refractivity contribution in [3.63, 3.8) is 0 Å². The Morgan fingerprint density at radius 2 is 2.06 bits per heavy atom. The Kier molecular flexibility index (Phi) is 6.95. The monoisotopic (exact) mass is 342 g/mol. The number of hydrogen-bond acceptors (Lipinski definition) is 8. The maximum Gasteiger partial charge on any atom is 0.146 e. The van der Waals surface area contributed by atoms with Gasteiger partial charge in [0.1, 0.15) is 9.93 Å². The minimum Gasteiger partial charge on any atom is -0.382 e. The van der Waals surface area contributed by atoms with E-state index >= 15 is 0 Å². The summed E-state index contributed by atoms with van der Waals surface area (Å²) in [5.41, 5.74) is 0. The van der Waals surface area contributed by atoms with Gasteiger partial charge < -0.3 is 14.2 Å². The Morgan fingerprint density at radius 1 is 1.22 bits per heavy atom. The molecule has 0 spiro atoms. The van der Waals surface area contributed by atoms with Crippen LogP contribution in [0.2, 0.25) is 0 Å². The topological polar surface area (TPSA) is 27.7 Å². The standard InChI is InChI=1S/C10H14O3S5/c1-11-2-3-12-6-13-4-7-5-15-8-9(16-7)18-10(14)17-8/h7H,2-6H2,1H3. The molecule has 18 heavy (non-hydrogen) atoms. The first kappa shape index (κ1) is 15.2. The van der Waals surface area contributed by atoms with Crippen molar-refractivity contribution in [2.24, 2.45) is 0 Å². The summed E-state index contributed by atoms with van der Waals surface area (Å²) in [5.74, 6) is 1.08. The van der Waals surface area contributed by atoms with Crippen LogP contribution in [0.1, 0.15) is 0 Å². The van der Waals surface area contributed by atoms with Crippen LogP contribution < -0.4 is 0 Å². The van der Waals surface area contributed by atoms with Gasteiger partial charge in [0.25, 0.3) is 0 Å². The van der Waals surface area contributed by atoms with E-state index in [-0.39, 0.29) is 0 Å². The largest absolute Gasteiger partial charge is 0.382 e. The first-order chi connectivity index (χ1) is 8.79. The summed E-state index contributed by atoms with van der Waals surface area (Å²) in [6.45, 7) is 2.26. The zero-order valence-corrected chi connectivity index (χ0v) is 14.0. The van der Waals surface area contributed by atoms with Gasteiger partial charge in [0.05, 0.1) is 28.2 Å². The highest BCUT2D eigenvalue weighted by Crippen LogP contribution is 2.47. The van der Waals surface area contributed by atoms with Gasteiger partial charge in [-0.15, -0.1) is 46.2 Å². The molecule has 0 N–H and O–H groups in total. The first-order valence-corrected chi connectivity index (χ1v) is 9.28. The van der Waals surface area contributed by atoms with Crippen molar-refractivity contribution in [2.45, 2.75) is 13.7 Å². The van der Waals surface area contributed by atoms with E-state index in [1.54, 1.807) is 29.8 Å². The lowest BCUT2D eigenvalue weighted by Crippen LogP contribution is -2.18. The normalized spacial score (nSPS) is 18.8. The van der Waals surface area contributed by atoms with E-state index in [1.807, 2.05) is 23.5 Å². The van der Waals surface area contributed by atoms with Gasteiger partial charge in [0.15, 0.2) is 0 Å². The molecular weight excluding hydrogens is 328 g/mol. The molecule has 2 heterocycles. The number of ether oxygens (including phenoxy) is 3. The number of methoxy groups -OCH3 is 1. The fraction of sp³-hybridized carbons (Fsp3) is 0.700. The third kappa shape index (κ3) is 4.75. The van der Waals surface area contributed by atoms with Crippen molar-refractivity contribution >= 4 is 58.4 Å². The molecule has 0 amide bonds. The van der Waals surface area contributed by atoms with E-state index in [0.29, 0.717) is 25.3 Å². The SMILES string of the molecule is COCCOCOCC1CSc2sc(=S)sc2S1. The molecule has 0 radical (unpaired) electrons. The summed E-state index contributed by atoms with van der Waals surface area (Å²) in [4.78, 5) is 0. The van der Waals surface area contributed by atoms with Crippen molar-refractivity contribution in [1.29, 1.82) is 0 Å². The molecular formula is C10H14O3S5. The lowest BCUT2D eigenvalue weighted by Gasteiger charge is -2.20. The van der Waals surface area contributed by atoms with E-state index in [4.69, 9.17) is 26.4 Å². The Balaban J connectivity index is 1.65. The summed E-state index contributed by atoms with van der Waals surface area (Å²) in [5, 5.41) is 0.494. The number of hydrogen-bond donors (Lipinski definition) is 0. The highest BCUT2D eigenvalue weighted by Gasteiger charge is 2.22. The smallest absolute Gasteiger partial charge is 0.146 e. The predicted molar refractivity (Wildman–Crippen MR) is 82.0 cm³/mol. The molecule has 1 aromatic heterocycles. The molecule has 0 saturated heterocycles. The van der Waals surface area contributed by atoms with E-state index in [2.05, 4.69) is 0 Å². The van der Waals surface area contributed by atoms with Gasteiger partial charge in [-0.05, 0) is 0 Å². The lowest BCUT2D eigenvalue weighted by molar-refractivity contribution is -0.0642. The molecule has 0 aromatic carbocycles. The summed E-state index contributed by atoms with van der Waals surface area (Å²) < 4.78 is 19.4. The van der Waals surface area contributed by atoms with Crippen LogP contribution in [0.15, 0.2) is 8.42 Å². The zero-order valence-electron chi connectivity index (χ0n) is 9.88.